The molecule has 1 N–H and O–H groups in total. The summed E-state index contributed by atoms with van der Waals surface area (Å²) < 4.78 is 4.99. The highest BCUT2D eigenvalue weighted by Crippen LogP contribution is 2.20. The maximum atomic E-state index is 9.00. The summed E-state index contributed by atoms with van der Waals surface area (Å²) in [5.74, 6) is 1.11. The summed E-state index contributed by atoms with van der Waals surface area (Å²) in [6.07, 6.45) is 0. The quantitative estimate of drug-likeness (QED) is 0.871. The van der Waals surface area contributed by atoms with Crippen molar-refractivity contribution in [2.45, 2.75) is 20.4 Å². The molecule has 5 heteroatoms. The van der Waals surface area contributed by atoms with Gasteiger partial charge in [-0.2, -0.15) is 10.2 Å². The van der Waals surface area contributed by atoms with Crippen LogP contribution in [0.3, 0.4) is 0 Å². The van der Waals surface area contributed by atoms with E-state index in [1.807, 2.05) is 19.1 Å². The molecule has 5 nitrogen and oxygen atoms in total. The van der Waals surface area contributed by atoms with Gasteiger partial charge in [-0.15, -0.1) is 0 Å². The molecule has 1 aromatic heterocycles. The van der Waals surface area contributed by atoms with Crippen LogP contribution >= 0.6 is 0 Å². The molecule has 0 unspecified atom stereocenters. The second kappa shape index (κ2) is 4.66. The predicted octanol–water partition coefficient (Wildman–Crippen LogP) is 2.17. The molecule has 2 rings (SSSR count). The Morgan fingerprint density at radius 3 is 2.88 bits per heavy atom. The maximum Gasteiger partial charge on any atom is 0.245 e. The summed E-state index contributed by atoms with van der Waals surface area (Å²) in [5, 5.41) is 15.8. The van der Waals surface area contributed by atoms with Gasteiger partial charge in [-0.25, -0.2) is 0 Å². The number of aryl methyl sites for hydroxylation is 2. The van der Waals surface area contributed by atoms with Crippen molar-refractivity contribution in [2.75, 3.05) is 5.32 Å². The number of nitrogens with one attached hydrogen (secondary N) is 1. The molecular formula is C12H12N4O. The second-order valence-corrected chi connectivity index (χ2v) is 3.70. The largest absolute Gasteiger partial charge is 0.375 e. The predicted molar refractivity (Wildman–Crippen MR) is 62.3 cm³/mol. The van der Waals surface area contributed by atoms with Gasteiger partial charge in [-0.1, -0.05) is 17.3 Å². The molecule has 0 spiro atoms. The van der Waals surface area contributed by atoms with E-state index >= 15 is 0 Å². The van der Waals surface area contributed by atoms with Crippen LogP contribution in [0.5, 0.6) is 0 Å². The lowest BCUT2D eigenvalue weighted by molar-refractivity contribution is 0.379. The second-order valence-electron chi connectivity index (χ2n) is 3.70. The fraction of sp³-hybridized carbons (Fsp3) is 0.250. The van der Waals surface area contributed by atoms with Crippen LogP contribution in [-0.4, -0.2) is 10.1 Å². The van der Waals surface area contributed by atoms with Crippen LogP contribution in [0.25, 0.3) is 0 Å². The van der Waals surface area contributed by atoms with Gasteiger partial charge in [0.05, 0.1) is 17.8 Å². The monoisotopic (exact) mass is 228 g/mol. The lowest BCUT2D eigenvalue weighted by Crippen LogP contribution is -2.03. The molecule has 0 aliphatic rings. The lowest BCUT2D eigenvalue weighted by Gasteiger charge is -2.08. The molecule has 0 atom stereocenters. The van der Waals surface area contributed by atoms with Gasteiger partial charge in [0.15, 0.2) is 5.82 Å². The number of rotatable bonds is 3. The molecule has 0 radical (unpaired) electrons. The Labute approximate surface area is 99.1 Å². The van der Waals surface area contributed by atoms with E-state index in [1.54, 1.807) is 13.0 Å². The summed E-state index contributed by atoms with van der Waals surface area (Å²) in [4.78, 5) is 4.09. The van der Waals surface area contributed by atoms with Crippen molar-refractivity contribution in [1.29, 1.82) is 5.26 Å². The Hall–Kier alpha value is -2.35. The average molecular weight is 228 g/mol. The number of para-hydroxylation sites is 1. The molecule has 1 heterocycles. The van der Waals surface area contributed by atoms with Gasteiger partial charge in [0.2, 0.25) is 5.89 Å². The fourth-order valence-electron chi connectivity index (χ4n) is 1.57. The number of aromatic nitrogens is 2. The normalized spacial score (nSPS) is 9.94. The minimum absolute atomic E-state index is 0.417. The van der Waals surface area contributed by atoms with Gasteiger partial charge in [0.1, 0.15) is 6.07 Å². The lowest BCUT2D eigenvalue weighted by atomic mass is 10.1. The van der Waals surface area contributed by atoms with Gasteiger partial charge in [0, 0.05) is 0 Å². The molecule has 0 fully saturated rings. The zero-order valence-corrected chi connectivity index (χ0v) is 9.69. The summed E-state index contributed by atoms with van der Waals surface area (Å²) >= 11 is 0. The third-order valence-corrected chi connectivity index (χ3v) is 2.38. The molecule has 0 saturated heterocycles. The van der Waals surface area contributed by atoms with Crippen LogP contribution in [0.2, 0.25) is 0 Å². The highest BCUT2D eigenvalue weighted by Gasteiger charge is 2.07. The summed E-state index contributed by atoms with van der Waals surface area (Å²) in [6, 6.07) is 7.72. The Kier molecular flexibility index (Phi) is 3.06. The third kappa shape index (κ3) is 2.42. The van der Waals surface area contributed by atoms with E-state index in [0.717, 1.165) is 11.3 Å². The molecule has 17 heavy (non-hydrogen) atoms. The number of nitriles is 1. The van der Waals surface area contributed by atoms with Crippen LogP contribution in [0.4, 0.5) is 5.69 Å². The minimum atomic E-state index is 0.417. The highest BCUT2D eigenvalue weighted by molar-refractivity contribution is 5.62. The van der Waals surface area contributed by atoms with E-state index in [4.69, 9.17) is 9.78 Å². The fourth-order valence-corrected chi connectivity index (χ4v) is 1.57. The first-order valence-corrected chi connectivity index (χ1v) is 5.23. The van der Waals surface area contributed by atoms with E-state index in [2.05, 4.69) is 21.5 Å². The Bertz CT molecular complexity index is 568. The Morgan fingerprint density at radius 1 is 1.41 bits per heavy atom. The zero-order valence-electron chi connectivity index (χ0n) is 9.69. The van der Waals surface area contributed by atoms with Crippen LogP contribution in [0.15, 0.2) is 22.7 Å². The van der Waals surface area contributed by atoms with Crippen molar-refractivity contribution >= 4 is 5.69 Å². The first-order valence-electron chi connectivity index (χ1n) is 5.23. The number of anilines is 1. The van der Waals surface area contributed by atoms with E-state index < -0.39 is 0 Å². The number of hydrogen-bond acceptors (Lipinski definition) is 5. The van der Waals surface area contributed by atoms with E-state index in [1.165, 1.54) is 0 Å². The molecule has 0 bridgehead atoms. The van der Waals surface area contributed by atoms with Gasteiger partial charge >= 0.3 is 0 Å². The van der Waals surface area contributed by atoms with Crippen LogP contribution < -0.4 is 5.32 Å². The number of hydrogen-bond donors (Lipinski definition) is 1. The first-order chi connectivity index (χ1) is 8.20. The van der Waals surface area contributed by atoms with E-state index in [-0.39, 0.29) is 0 Å². The van der Waals surface area contributed by atoms with Crippen molar-refractivity contribution in [2.24, 2.45) is 0 Å². The van der Waals surface area contributed by atoms with Crippen LogP contribution in [0.1, 0.15) is 22.8 Å². The van der Waals surface area contributed by atoms with Crippen molar-refractivity contribution in [1.82, 2.24) is 10.1 Å². The first kappa shape index (κ1) is 11.1. The molecule has 2 aromatic rings. The zero-order chi connectivity index (χ0) is 12.3. The highest BCUT2D eigenvalue weighted by atomic mass is 16.5. The Morgan fingerprint density at radius 2 is 2.24 bits per heavy atom. The van der Waals surface area contributed by atoms with Crippen molar-refractivity contribution in [3.05, 3.63) is 41.0 Å². The molecule has 0 aliphatic carbocycles. The molecule has 0 aliphatic heterocycles. The third-order valence-electron chi connectivity index (χ3n) is 2.38. The van der Waals surface area contributed by atoms with Gasteiger partial charge in [-0.3, -0.25) is 0 Å². The number of benzene rings is 1. The molecule has 86 valence electrons. The standard InChI is InChI=1S/C12H12N4O/c1-8-4-3-5-10(6-13)12(8)14-7-11-15-9(2)16-17-11/h3-5,14H,7H2,1-2H3. The molecule has 0 saturated carbocycles. The Balaban J connectivity index is 2.17. The topological polar surface area (TPSA) is 74.7 Å². The van der Waals surface area contributed by atoms with Gasteiger partial charge < -0.3 is 9.84 Å². The van der Waals surface area contributed by atoms with Crippen LogP contribution in [0, 0.1) is 25.2 Å². The van der Waals surface area contributed by atoms with Crippen molar-refractivity contribution in [3.8, 4) is 6.07 Å². The van der Waals surface area contributed by atoms with Crippen molar-refractivity contribution in [3.63, 3.8) is 0 Å². The van der Waals surface area contributed by atoms with Gasteiger partial charge in [-0.05, 0) is 25.5 Å². The summed E-state index contributed by atoms with van der Waals surface area (Å²) in [6.45, 7) is 4.13. The maximum absolute atomic E-state index is 9.00. The molecular weight excluding hydrogens is 216 g/mol. The summed E-state index contributed by atoms with van der Waals surface area (Å²) in [5.41, 5.74) is 2.44. The molecule has 1 aromatic carbocycles. The average Bonchev–Trinajstić information content (AvgIpc) is 2.73. The summed E-state index contributed by atoms with van der Waals surface area (Å²) in [7, 11) is 0. The van der Waals surface area contributed by atoms with E-state index in [0.29, 0.717) is 23.8 Å². The minimum Gasteiger partial charge on any atom is -0.375 e. The van der Waals surface area contributed by atoms with Crippen molar-refractivity contribution < 1.29 is 4.52 Å². The SMILES string of the molecule is Cc1noc(CNc2c(C)cccc2C#N)n1. The smallest absolute Gasteiger partial charge is 0.245 e. The van der Waals surface area contributed by atoms with E-state index in [9.17, 15) is 0 Å². The number of nitrogens with zero attached hydrogens (tertiary/aromatic N) is 3. The van der Waals surface area contributed by atoms with Crippen LogP contribution in [-0.2, 0) is 6.54 Å². The van der Waals surface area contributed by atoms with Gasteiger partial charge in [0.25, 0.3) is 0 Å². The molecule has 0 amide bonds.